The number of fused-ring (bicyclic) bond motifs is 2. The summed E-state index contributed by atoms with van der Waals surface area (Å²) in [7, 11) is 0. The van der Waals surface area contributed by atoms with Gasteiger partial charge >= 0.3 is 0 Å². The molecule has 2 aromatic carbocycles. The summed E-state index contributed by atoms with van der Waals surface area (Å²) in [6.07, 6.45) is 4.32. The molecular weight excluding hydrogens is 400 g/mol. The zero-order valence-corrected chi connectivity index (χ0v) is 16.4. The standard InChI is InChI=1S/C23H18N2O6/c26-22-16(7-14-3-1-5-20(9-14)24(28)29)11-18-13-19(22)12-17(23(18)27)8-15-4-2-6-21(10-15)25(30)31/h1-10,18-19H,11-13H2. The summed E-state index contributed by atoms with van der Waals surface area (Å²) in [4.78, 5) is 46.9. The molecule has 0 heterocycles. The maximum atomic E-state index is 13.0. The topological polar surface area (TPSA) is 120 Å². The zero-order valence-electron chi connectivity index (χ0n) is 16.4. The van der Waals surface area contributed by atoms with E-state index in [9.17, 15) is 29.8 Å². The summed E-state index contributed by atoms with van der Waals surface area (Å²) in [6, 6.07) is 12.1. The number of rotatable bonds is 4. The highest BCUT2D eigenvalue weighted by atomic mass is 16.6. The monoisotopic (exact) mass is 418 g/mol. The van der Waals surface area contributed by atoms with Crippen LogP contribution >= 0.6 is 0 Å². The molecule has 2 aliphatic rings. The first-order valence-electron chi connectivity index (χ1n) is 9.80. The van der Waals surface area contributed by atoms with Gasteiger partial charge in [-0.05, 0) is 53.7 Å². The fourth-order valence-electron chi connectivity index (χ4n) is 4.28. The molecule has 8 heteroatoms. The third kappa shape index (κ3) is 4.18. The van der Waals surface area contributed by atoms with Gasteiger partial charge in [0.05, 0.1) is 9.85 Å². The lowest BCUT2D eigenvalue weighted by atomic mass is 9.66. The number of non-ortho nitro benzene ring substituents is 2. The van der Waals surface area contributed by atoms with Gasteiger partial charge in [-0.2, -0.15) is 0 Å². The smallest absolute Gasteiger partial charge is 0.270 e. The summed E-state index contributed by atoms with van der Waals surface area (Å²) in [5, 5.41) is 22.0. The van der Waals surface area contributed by atoms with E-state index in [4.69, 9.17) is 0 Å². The van der Waals surface area contributed by atoms with Gasteiger partial charge in [-0.15, -0.1) is 0 Å². The number of carbonyl (C=O) groups excluding carboxylic acids is 2. The number of nitro benzene ring substituents is 2. The Labute approximate surface area is 177 Å². The molecule has 4 rings (SSSR count). The number of benzene rings is 2. The normalized spacial score (nSPS) is 23.2. The second-order valence-electron chi connectivity index (χ2n) is 7.81. The molecule has 2 unspecified atom stereocenters. The van der Waals surface area contributed by atoms with Crippen molar-refractivity contribution in [3.05, 3.63) is 91.0 Å². The molecule has 0 aliphatic heterocycles. The van der Waals surface area contributed by atoms with E-state index in [1.807, 2.05) is 0 Å². The Bertz CT molecular complexity index is 1090. The van der Waals surface area contributed by atoms with Crippen LogP contribution in [0.1, 0.15) is 30.4 Å². The van der Waals surface area contributed by atoms with E-state index in [1.165, 1.54) is 24.3 Å². The van der Waals surface area contributed by atoms with Crippen LogP contribution in [0.4, 0.5) is 11.4 Å². The van der Waals surface area contributed by atoms with Crippen LogP contribution in [0, 0.1) is 32.1 Å². The molecule has 8 nitrogen and oxygen atoms in total. The van der Waals surface area contributed by atoms with Gasteiger partial charge in [0.1, 0.15) is 0 Å². The van der Waals surface area contributed by atoms with Crippen molar-refractivity contribution in [2.45, 2.75) is 19.3 Å². The van der Waals surface area contributed by atoms with E-state index >= 15 is 0 Å². The van der Waals surface area contributed by atoms with Crippen LogP contribution in [0.15, 0.2) is 59.7 Å². The van der Waals surface area contributed by atoms with Crippen LogP contribution in [-0.2, 0) is 9.59 Å². The predicted octanol–water partition coefficient (Wildman–Crippen LogP) is 4.54. The Morgan fingerprint density at radius 1 is 0.742 bits per heavy atom. The average molecular weight is 418 g/mol. The first kappa shape index (κ1) is 20.3. The van der Waals surface area contributed by atoms with E-state index in [0.29, 0.717) is 28.7 Å². The van der Waals surface area contributed by atoms with Crippen molar-refractivity contribution in [2.24, 2.45) is 11.8 Å². The second kappa shape index (κ2) is 8.06. The molecule has 0 N–H and O–H groups in total. The van der Waals surface area contributed by atoms with Gasteiger partial charge in [-0.25, -0.2) is 0 Å². The van der Waals surface area contributed by atoms with Gasteiger partial charge < -0.3 is 0 Å². The highest BCUT2D eigenvalue weighted by Crippen LogP contribution is 2.42. The predicted molar refractivity (Wildman–Crippen MR) is 113 cm³/mol. The average Bonchev–Trinajstić information content (AvgIpc) is 2.75. The van der Waals surface area contributed by atoms with Gasteiger partial charge in [0, 0.05) is 36.1 Å². The minimum atomic E-state index is -0.492. The van der Waals surface area contributed by atoms with Crippen LogP contribution in [0.25, 0.3) is 12.2 Å². The van der Waals surface area contributed by atoms with Crippen molar-refractivity contribution in [2.75, 3.05) is 0 Å². The molecule has 0 radical (unpaired) electrons. The van der Waals surface area contributed by atoms with Gasteiger partial charge in [-0.3, -0.25) is 29.8 Å². The minimum absolute atomic E-state index is 0.0554. The summed E-state index contributed by atoms with van der Waals surface area (Å²) >= 11 is 0. The number of nitro groups is 2. The first-order valence-corrected chi connectivity index (χ1v) is 9.80. The van der Waals surface area contributed by atoms with E-state index < -0.39 is 9.85 Å². The van der Waals surface area contributed by atoms with Gasteiger partial charge in [0.25, 0.3) is 11.4 Å². The Morgan fingerprint density at radius 3 is 1.55 bits per heavy atom. The third-order valence-corrected chi connectivity index (χ3v) is 5.72. The quantitative estimate of drug-likeness (QED) is 0.408. The van der Waals surface area contributed by atoms with Crippen molar-refractivity contribution in [1.82, 2.24) is 0 Å². The summed E-state index contributed by atoms with van der Waals surface area (Å²) in [6.45, 7) is 0. The van der Waals surface area contributed by atoms with E-state index in [-0.39, 0.29) is 47.6 Å². The highest BCUT2D eigenvalue weighted by Gasteiger charge is 2.41. The molecule has 31 heavy (non-hydrogen) atoms. The summed E-state index contributed by atoms with van der Waals surface area (Å²) in [5.41, 5.74) is 2.00. The molecule has 2 fully saturated rings. The van der Waals surface area contributed by atoms with Crippen LogP contribution < -0.4 is 0 Å². The number of carbonyl (C=O) groups is 2. The molecular formula is C23H18N2O6. The lowest BCUT2D eigenvalue weighted by Crippen LogP contribution is -2.37. The molecule has 2 bridgehead atoms. The lowest BCUT2D eigenvalue weighted by Gasteiger charge is -2.35. The second-order valence-corrected chi connectivity index (χ2v) is 7.81. The molecule has 0 spiro atoms. The van der Waals surface area contributed by atoms with Crippen LogP contribution in [0.3, 0.4) is 0 Å². The molecule has 2 aliphatic carbocycles. The van der Waals surface area contributed by atoms with Crippen molar-refractivity contribution in [3.8, 4) is 0 Å². The molecule has 2 aromatic rings. The molecule has 0 saturated heterocycles. The fourth-order valence-corrected chi connectivity index (χ4v) is 4.28. The molecule has 2 atom stereocenters. The number of nitrogens with zero attached hydrogens (tertiary/aromatic N) is 2. The number of Topliss-reactive ketones (excluding diaryl/α,β-unsaturated/α-hetero) is 2. The maximum Gasteiger partial charge on any atom is 0.270 e. The van der Waals surface area contributed by atoms with Gasteiger partial charge in [0.15, 0.2) is 11.6 Å². The minimum Gasteiger partial charge on any atom is -0.294 e. The largest absolute Gasteiger partial charge is 0.294 e. The Morgan fingerprint density at radius 2 is 1.16 bits per heavy atom. The lowest BCUT2D eigenvalue weighted by molar-refractivity contribution is -0.385. The van der Waals surface area contributed by atoms with Gasteiger partial charge in [-0.1, -0.05) is 24.3 Å². The molecule has 0 aromatic heterocycles. The first-order chi connectivity index (χ1) is 14.8. The number of ketones is 2. The van der Waals surface area contributed by atoms with Crippen LogP contribution in [0.2, 0.25) is 0 Å². The SMILES string of the molecule is O=C1C(=Cc2cccc([N+](=O)[O-])c2)CC2CC1CC(=Cc1cccc([N+](=O)[O-])c1)C2=O. The maximum absolute atomic E-state index is 13.0. The van der Waals surface area contributed by atoms with E-state index in [0.717, 1.165) is 0 Å². The van der Waals surface area contributed by atoms with E-state index in [2.05, 4.69) is 0 Å². The number of hydrogen-bond acceptors (Lipinski definition) is 6. The Balaban J connectivity index is 1.61. The van der Waals surface area contributed by atoms with Crippen LogP contribution in [-0.4, -0.2) is 21.4 Å². The van der Waals surface area contributed by atoms with Crippen LogP contribution in [0.5, 0.6) is 0 Å². The van der Waals surface area contributed by atoms with Crippen molar-refractivity contribution < 1.29 is 19.4 Å². The Hall–Kier alpha value is -3.94. The third-order valence-electron chi connectivity index (χ3n) is 5.72. The Kier molecular flexibility index (Phi) is 5.29. The zero-order chi connectivity index (χ0) is 22.1. The molecule has 0 amide bonds. The highest BCUT2D eigenvalue weighted by molar-refractivity contribution is 6.10. The van der Waals surface area contributed by atoms with Gasteiger partial charge in [0.2, 0.25) is 0 Å². The fraction of sp³-hybridized carbons (Fsp3) is 0.217. The van der Waals surface area contributed by atoms with Crippen molar-refractivity contribution >= 4 is 35.1 Å². The van der Waals surface area contributed by atoms with Crippen molar-refractivity contribution in [3.63, 3.8) is 0 Å². The molecule has 156 valence electrons. The molecule has 2 saturated carbocycles. The number of hydrogen-bond donors (Lipinski definition) is 0. The van der Waals surface area contributed by atoms with Crippen molar-refractivity contribution in [1.29, 1.82) is 0 Å². The number of allylic oxidation sites excluding steroid dienone is 2. The van der Waals surface area contributed by atoms with E-state index in [1.54, 1.807) is 36.4 Å². The summed E-state index contributed by atoms with van der Waals surface area (Å²) in [5.74, 6) is -0.793. The summed E-state index contributed by atoms with van der Waals surface area (Å²) < 4.78 is 0.